The Hall–Kier alpha value is -0.150. The van der Waals surface area contributed by atoms with Crippen molar-refractivity contribution in [1.82, 2.24) is 0 Å². The third-order valence-corrected chi connectivity index (χ3v) is 2.96. The fraction of sp³-hybridized carbons (Fsp3) is 0.250. The van der Waals surface area contributed by atoms with Crippen LogP contribution in [-0.2, 0) is 0 Å². The van der Waals surface area contributed by atoms with Gasteiger partial charge in [0.25, 0.3) is 0 Å². The molecule has 0 bridgehead atoms. The van der Waals surface area contributed by atoms with Crippen molar-refractivity contribution >= 4 is 28.6 Å². The van der Waals surface area contributed by atoms with Gasteiger partial charge in [-0.15, -0.1) is 12.6 Å². The number of ether oxygens (including phenoxy) is 1. The fourth-order valence-electron chi connectivity index (χ4n) is 0.815. The summed E-state index contributed by atoms with van der Waals surface area (Å²) in [5.41, 5.74) is 1.10. The lowest BCUT2D eigenvalue weighted by Crippen LogP contribution is -1.87. The number of halogens is 1. The van der Waals surface area contributed by atoms with E-state index < -0.39 is 0 Å². The molecule has 0 aliphatic rings. The third kappa shape index (κ3) is 1.71. The summed E-state index contributed by atoms with van der Waals surface area (Å²) in [6.07, 6.45) is 0. The molecule has 0 atom stereocenters. The summed E-state index contributed by atoms with van der Waals surface area (Å²) in [5.74, 6) is 0.814. The second kappa shape index (κ2) is 3.50. The van der Waals surface area contributed by atoms with Gasteiger partial charge < -0.3 is 4.74 Å². The summed E-state index contributed by atoms with van der Waals surface area (Å²) >= 11 is 7.71. The van der Waals surface area contributed by atoms with Gasteiger partial charge in [-0.3, -0.25) is 0 Å². The molecular weight excluding hydrogens is 224 g/mol. The van der Waals surface area contributed by atoms with Crippen LogP contribution in [0.1, 0.15) is 5.56 Å². The molecule has 0 aliphatic heterocycles. The van der Waals surface area contributed by atoms with Gasteiger partial charge in [-0.05, 0) is 24.6 Å². The van der Waals surface area contributed by atoms with Crippen LogP contribution >= 0.6 is 28.6 Å². The minimum atomic E-state index is 0.814. The van der Waals surface area contributed by atoms with Gasteiger partial charge in [0.15, 0.2) is 0 Å². The van der Waals surface area contributed by atoms with Gasteiger partial charge in [-0.25, -0.2) is 0 Å². The molecule has 1 aromatic carbocycles. The van der Waals surface area contributed by atoms with Gasteiger partial charge in [0.05, 0.1) is 12.0 Å². The van der Waals surface area contributed by atoms with Crippen LogP contribution < -0.4 is 4.74 Å². The molecule has 0 aliphatic carbocycles. The minimum absolute atomic E-state index is 0.814. The summed E-state index contributed by atoms with van der Waals surface area (Å²) in [5, 5.41) is 0. The van der Waals surface area contributed by atoms with Crippen molar-refractivity contribution in [3.8, 4) is 5.75 Å². The van der Waals surface area contributed by atoms with E-state index in [9.17, 15) is 0 Å². The Balaban J connectivity index is 3.25. The summed E-state index contributed by atoms with van der Waals surface area (Å²) in [7, 11) is 1.64. The molecule has 0 radical (unpaired) electrons. The number of thiol groups is 1. The van der Waals surface area contributed by atoms with Crippen LogP contribution in [0, 0.1) is 6.92 Å². The molecule has 11 heavy (non-hydrogen) atoms. The summed E-state index contributed by atoms with van der Waals surface area (Å²) in [4.78, 5) is 0.891. The number of benzene rings is 1. The SMILES string of the molecule is COc1ccc(Br)c(C)c1S. The highest BCUT2D eigenvalue weighted by atomic mass is 79.9. The summed E-state index contributed by atoms with van der Waals surface area (Å²) in [6.45, 7) is 1.99. The Bertz CT molecular complexity index is 273. The summed E-state index contributed by atoms with van der Waals surface area (Å²) < 4.78 is 6.14. The van der Waals surface area contributed by atoms with E-state index in [2.05, 4.69) is 28.6 Å². The number of hydrogen-bond acceptors (Lipinski definition) is 2. The van der Waals surface area contributed by atoms with Crippen molar-refractivity contribution in [2.75, 3.05) is 7.11 Å². The average molecular weight is 233 g/mol. The molecule has 0 N–H and O–H groups in total. The van der Waals surface area contributed by atoms with Gasteiger partial charge in [-0.2, -0.15) is 0 Å². The smallest absolute Gasteiger partial charge is 0.132 e. The molecule has 0 unspecified atom stereocenters. The number of hydrogen-bond donors (Lipinski definition) is 1. The molecule has 0 fully saturated rings. The van der Waals surface area contributed by atoms with Crippen LogP contribution in [0.5, 0.6) is 5.75 Å². The Morgan fingerprint density at radius 2 is 2.09 bits per heavy atom. The predicted octanol–water partition coefficient (Wildman–Crippen LogP) is 3.05. The zero-order chi connectivity index (χ0) is 8.43. The average Bonchev–Trinajstić information content (AvgIpc) is 2.01. The molecule has 3 heteroatoms. The molecule has 0 spiro atoms. The largest absolute Gasteiger partial charge is 0.496 e. The lowest BCUT2D eigenvalue weighted by molar-refractivity contribution is 0.404. The van der Waals surface area contributed by atoms with Crippen LogP contribution in [0.4, 0.5) is 0 Å². The van der Waals surface area contributed by atoms with E-state index in [0.29, 0.717) is 0 Å². The van der Waals surface area contributed by atoms with E-state index in [4.69, 9.17) is 4.74 Å². The Morgan fingerprint density at radius 3 is 2.64 bits per heavy atom. The maximum Gasteiger partial charge on any atom is 0.132 e. The predicted molar refractivity (Wildman–Crippen MR) is 52.7 cm³/mol. The van der Waals surface area contributed by atoms with E-state index in [1.165, 1.54) is 0 Å². The van der Waals surface area contributed by atoms with Crippen molar-refractivity contribution in [2.45, 2.75) is 11.8 Å². The van der Waals surface area contributed by atoms with Crippen molar-refractivity contribution in [1.29, 1.82) is 0 Å². The Labute approximate surface area is 80.3 Å². The normalized spacial score (nSPS) is 9.82. The molecule has 0 aromatic heterocycles. The fourth-order valence-corrected chi connectivity index (χ4v) is 1.59. The van der Waals surface area contributed by atoms with E-state index in [0.717, 1.165) is 20.7 Å². The highest BCUT2D eigenvalue weighted by Gasteiger charge is 2.03. The monoisotopic (exact) mass is 232 g/mol. The topological polar surface area (TPSA) is 9.23 Å². The van der Waals surface area contributed by atoms with Crippen LogP contribution in [-0.4, -0.2) is 7.11 Å². The van der Waals surface area contributed by atoms with Crippen molar-refractivity contribution < 1.29 is 4.74 Å². The molecule has 0 saturated carbocycles. The second-order valence-corrected chi connectivity index (χ2v) is 3.52. The van der Waals surface area contributed by atoms with Crippen LogP contribution in [0.3, 0.4) is 0 Å². The quantitative estimate of drug-likeness (QED) is 0.733. The van der Waals surface area contributed by atoms with E-state index >= 15 is 0 Å². The number of rotatable bonds is 1. The molecular formula is C8H9BrOS. The number of methoxy groups -OCH3 is 1. The molecule has 60 valence electrons. The zero-order valence-corrected chi connectivity index (χ0v) is 8.87. The highest BCUT2D eigenvalue weighted by molar-refractivity contribution is 9.10. The van der Waals surface area contributed by atoms with E-state index in [1.54, 1.807) is 7.11 Å². The maximum absolute atomic E-state index is 5.08. The van der Waals surface area contributed by atoms with Crippen molar-refractivity contribution in [3.63, 3.8) is 0 Å². The summed E-state index contributed by atoms with van der Waals surface area (Å²) in [6, 6.07) is 3.84. The van der Waals surface area contributed by atoms with Gasteiger partial charge >= 0.3 is 0 Å². The molecule has 0 saturated heterocycles. The molecule has 0 amide bonds. The van der Waals surface area contributed by atoms with Crippen LogP contribution in [0.2, 0.25) is 0 Å². The zero-order valence-electron chi connectivity index (χ0n) is 6.39. The Morgan fingerprint density at radius 1 is 1.45 bits per heavy atom. The third-order valence-electron chi connectivity index (χ3n) is 1.55. The van der Waals surface area contributed by atoms with E-state index in [-0.39, 0.29) is 0 Å². The van der Waals surface area contributed by atoms with Gasteiger partial charge in [0, 0.05) is 4.47 Å². The lowest BCUT2D eigenvalue weighted by atomic mass is 10.2. The first-order chi connectivity index (χ1) is 5.16. The Kier molecular flexibility index (Phi) is 2.84. The van der Waals surface area contributed by atoms with E-state index in [1.807, 2.05) is 19.1 Å². The van der Waals surface area contributed by atoms with Gasteiger partial charge in [0.2, 0.25) is 0 Å². The lowest BCUT2D eigenvalue weighted by Gasteiger charge is -2.07. The highest BCUT2D eigenvalue weighted by Crippen LogP contribution is 2.30. The standard InChI is InChI=1S/C8H9BrOS/c1-5-6(9)3-4-7(10-2)8(5)11/h3-4,11H,1-2H3. The van der Waals surface area contributed by atoms with Crippen LogP contribution in [0.25, 0.3) is 0 Å². The molecule has 1 aromatic rings. The first kappa shape index (κ1) is 8.94. The molecule has 1 rings (SSSR count). The molecule has 0 heterocycles. The van der Waals surface area contributed by atoms with Gasteiger partial charge in [-0.1, -0.05) is 15.9 Å². The van der Waals surface area contributed by atoms with Crippen LogP contribution in [0.15, 0.2) is 21.5 Å². The van der Waals surface area contributed by atoms with Gasteiger partial charge in [0.1, 0.15) is 5.75 Å². The van der Waals surface area contributed by atoms with Crippen molar-refractivity contribution in [3.05, 3.63) is 22.2 Å². The first-order valence-corrected chi connectivity index (χ1v) is 4.43. The van der Waals surface area contributed by atoms with Crippen molar-refractivity contribution in [2.24, 2.45) is 0 Å². The maximum atomic E-state index is 5.08. The first-order valence-electron chi connectivity index (χ1n) is 3.19. The molecule has 1 nitrogen and oxygen atoms in total. The second-order valence-electron chi connectivity index (χ2n) is 2.22. The minimum Gasteiger partial charge on any atom is -0.496 e.